The van der Waals surface area contributed by atoms with Crippen molar-refractivity contribution >= 4 is 17.5 Å². The highest BCUT2D eigenvalue weighted by molar-refractivity contribution is 6.31. The van der Waals surface area contributed by atoms with Gasteiger partial charge in [0.2, 0.25) is 5.69 Å². The fraction of sp³-hybridized carbons (Fsp3) is 0.375. The zero-order chi connectivity index (χ0) is 17.4. The Morgan fingerprint density at radius 2 is 2.08 bits per heavy atom. The Balaban J connectivity index is 2.17. The summed E-state index contributed by atoms with van der Waals surface area (Å²) in [6, 6.07) is 5.08. The van der Waals surface area contributed by atoms with Crippen molar-refractivity contribution in [3.8, 4) is 5.69 Å². The number of benzene rings is 1. The molecule has 1 aliphatic carbocycles. The maximum absolute atomic E-state index is 12.5. The van der Waals surface area contributed by atoms with Crippen LogP contribution >= 0.6 is 11.6 Å². The molecule has 0 saturated heterocycles. The molecule has 1 aromatic heterocycles. The van der Waals surface area contributed by atoms with Gasteiger partial charge in [-0.2, -0.15) is 9.78 Å². The molecule has 1 heterocycles. The molecule has 3 rings (SSSR count). The lowest BCUT2D eigenvalue weighted by molar-refractivity contribution is 0.0941. The van der Waals surface area contributed by atoms with E-state index in [2.05, 4.69) is 10.4 Å². The Hall–Kier alpha value is -2.41. The van der Waals surface area contributed by atoms with Gasteiger partial charge in [-0.3, -0.25) is 14.2 Å². The molecule has 2 aromatic rings. The molecule has 126 valence electrons. The number of rotatable bonds is 4. The van der Waals surface area contributed by atoms with Crippen molar-refractivity contribution in [2.24, 2.45) is 0 Å². The Kier molecular flexibility index (Phi) is 4.28. The van der Waals surface area contributed by atoms with E-state index in [-0.39, 0.29) is 18.3 Å². The number of nitrogens with zero attached hydrogens (tertiary/aromatic N) is 3. The van der Waals surface area contributed by atoms with Crippen molar-refractivity contribution in [3.05, 3.63) is 55.3 Å². The Morgan fingerprint density at radius 3 is 2.67 bits per heavy atom. The molecule has 1 N–H and O–H groups in total. The van der Waals surface area contributed by atoms with Gasteiger partial charge >= 0.3 is 5.69 Å². The summed E-state index contributed by atoms with van der Waals surface area (Å²) >= 11 is 6.11. The van der Waals surface area contributed by atoms with Crippen molar-refractivity contribution in [2.45, 2.75) is 39.3 Å². The van der Waals surface area contributed by atoms with Gasteiger partial charge in [0.15, 0.2) is 0 Å². The zero-order valence-corrected chi connectivity index (χ0v) is 14.1. The number of nitrogens with one attached hydrogen (secondary N) is 1. The van der Waals surface area contributed by atoms with Crippen LogP contribution in [0.3, 0.4) is 0 Å². The first-order chi connectivity index (χ1) is 11.4. The molecule has 0 aliphatic heterocycles. The minimum atomic E-state index is -0.685. The number of aromatic nitrogens is 3. The third-order valence-corrected chi connectivity index (χ3v) is 4.31. The van der Waals surface area contributed by atoms with E-state index in [9.17, 15) is 14.4 Å². The number of halogens is 1. The van der Waals surface area contributed by atoms with Gasteiger partial charge in [0.1, 0.15) is 0 Å². The smallest absolute Gasteiger partial charge is 0.348 e. The van der Waals surface area contributed by atoms with Crippen LogP contribution in [0.15, 0.2) is 27.8 Å². The minimum Gasteiger partial charge on any atom is -0.348 e. The van der Waals surface area contributed by atoms with Crippen LogP contribution in [0.4, 0.5) is 0 Å². The number of hydrogen-bond donors (Lipinski definition) is 1. The van der Waals surface area contributed by atoms with Crippen molar-refractivity contribution in [1.29, 1.82) is 0 Å². The molecule has 7 nitrogen and oxygen atoms in total. The molecule has 0 spiro atoms. The van der Waals surface area contributed by atoms with Crippen LogP contribution in [0.25, 0.3) is 5.69 Å². The molecule has 1 fully saturated rings. The largest absolute Gasteiger partial charge is 0.352 e. The Labute approximate surface area is 142 Å². The van der Waals surface area contributed by atoms with Crippen LogP contribution in [0.5, 0.6) is 0 Å². The minimum absolute atomic E-state index is 0.0861. The van der Waals surface area contributed by atoms with Crippen LogP contribution in [-0.4, -0.2) is 26.3 Å². The lowest BCUT2D eigenvalue weighted by Gasteiger charge is -2.11. The highest BCUT2D eigenvalue weighted by Crippen LogP contribution is 2.19. The third kappa shape index (κ3) is 2.99. The first kappa shape index (κ1) is 16.4. The summed E-state index contributed by atoms with van der Waals surface area (Å²) < 4.78 is 2.03. The van der Waals surface area contributed by atoms with E-state index in [1.165, 1.54) is 0 Å². The third-order valence-electron chi connectivity index (χ3n) is 3.90. The van der Waals surface area contributed by atoms with Gasteiger partial charge in [-0.25, -0.2) is 4.79 Å². The van der Waals surface area contributed by atoms with Crippen LogP contribution in [-0.2, 0) is 6.54 Å². The Bertz CT molecular complexity index is 928. The van der Waals surface area contributed by atoms with Gasteiger partial charge in [0, 0.05) is 17.6 Å². The quantitative estimate of drug-likeness (QED) is 0.901. The average Bonchev–Trinajstić information content (AvgIpc) is 3.35. The molecule has 1 amide bonds. The summed E-state index contributed by atoms with van der Waals surface area (Å²) in [5.41, 5.74) is -0.331. The molecule has 8 heteroatoms. The average molecular weight is 349 g/mol. The first-order valence-electron chi connectivity index (χ1n) is 7.74. The monoisotopic (exact) mass is 348 g/mol. The normalized spacial score (nSPS) is 13.8. The number of carbonyl (C=O) groups excluding carboxylic acids is 1. The van der Waals surface area contributed by atoms with Gasteiger partial charge in [0.05, 0.1) is 5.69 Å². The summed E-state index contributed by atoms with van der Waals surface area (Å²) in [6.45, 7) is 3.64. The van der Waals surface area contributed by atoms with Crippen LogP contribution in [0, 0.1) is 6.92 Å². The van der Waals surface area contributed by atoms with Crippen molar-refractivity contribution < 1.29 is 4.79 Å². The molecule has 0 atom stereocenters. The van der Waals surface area contributed by atoms with Crippen molar-refractivity contribution in [2.75, 3.05) is 0 Å². The first-order valence-corrected chi connectivity index (χ1v) is 8.11. The van der Waals surface area contributed by atoms with E-state index in [1.807, 2.05) is 6.92 Å². The number of hydrogen-bond acceptors (Lipinski definition) is 4. The molecule has 0 bridgehead atoms. The predicted octanol–water partition coefficient (Wildman–Crippen LogP) is 1.27. The van der Waals surface area contributed by atoms with Crippen LogP contribution in [0.1, 0.15) is 35.8 Å². The highest BCUT2D eigenvalue weighted by Gasteiger charge is 2.27. The molecular weight excluding hydrogens is 332 g/mol. The second-order valence-electron chi connectivity index (χ2n) is 5.77. The van der Waals surface area contributed by atoms with E-state index in [0.717, 1.165) is 27.7 Å². The molecule has 24 heavy (non-hydrogen) atoms. The number of amides is 1. The lowest BCUT2D eigenvalue weighted by Crippen LogP contribution is -2.45. The summed E-state index contributed by atoms with van der Waals surface area (Å²) in [4.78, 5) is 37.2. The van der Waals surface area contributed by atoms with E-state index in [4.69, 9.17) is 11.6 Å². The molecule has 0 unspecified atom stereocenters. The van der Waals surface area contributed by atoms with Crippen molar-refractivity contribution in [3.63, 3.8) is 0 Å². The van der Waals surface area contributed by atoms with Crippen LogP contribution in [0.2, 0.25) is 5.02 Å². The molecular formula is C16H17ClN4O3. The second kappa shape index (κ2) is 6.24. The molecule has 1 aliphatic rings. The van der Waals surface area contributed by atoms with Gasteiger partial charge < -0.3 is 5.32 Å². The fourth-order valence-electron chi connectivity index (χ4n) is 2.30. The summed E-state index contributed by atoms with van der Waals surface area (Å²) in [5, 5.41) is 7.20. The Morgan fingerprint density at radius 1 is 1.38 bits per heavy atom. The fourth-order valence-corrected chi connectivity index (χ4v) is 2.47. The highest BCUT2D eigenvalue weighted by atomic mass is 35.5. The number of carbonyl (C=O) groups is 1. The van der Waals surface area contributed by atoms with E-state index in [0.29, 0.717) is 10.7 Å². The predicted molar refractivity (Wildman–Crippen MR) is 90.0 cm³/mol. The topological polar surface area (TPSA) is 86.0 Å². The standard InChI is InChI=1S/C16H17ClN4O3/c1-3-20-15(23)13(14(22)18-10-5-6-10)19-21(16(20)24)11-7-4-9(2)12(17)8-11/h4,7-8,10H,3,5-6H2,1-2H3,(H,18,22). The molecule has 1 saturated carbocycles. The summed E-state index contributed by atoms with van der Waals surface area (Å²) in [6.07, 6.45) is 1.78. The molecule has 1 aromatic carbocycles. The molecule has 0 radical (unpaired) electrons. The zero-order valence-electron chi connectivity index (χ0n) is 13.4. The van der Waals surface area contributed by atoms with E-state index >= 15 is 0 Å². The second-order valence-corrected chi connectivity index (χ2v) is 6.18. The van der Waals surface area contributed by atoms with E-state index < -0.39 is 17.2 Å². The van der Waals surface area contributed by atoms with Gasteiger partial charge in [-0.1, -0.05) is 17.7 Å². The number of aryl methyl sites for hydroxylation is 1. The lowest BCUT2D eigenvalue weighted by atomic mass is 10.2. The summed E-state index contributed by atoms with van der Waals surface area (Å²) in [5.74, 6) is -0.559. The van der Waals surface area contributed by atoms with Gasteiger partial charge in [-0.05, 0) is 44.4 Å². The van der Waals surface area contributed by atoms with E-state index in [1.54, 1.807) is 25.1 Å². The van der Waals surface area contributed by atoms with Gasteiger partial charge in [-0.15, -0.1) is 0 Å². The SMILES string of the molecule is CCn1c(=O)c(C(=O)NC2CC2)nn(-c2ccc(C)c(Cl)c2)c1=O. The maximum atomic E-state index is 12.5. The van der Waals surface area contributed by atoms with Crippen molar-refractivity contribution in [1.82, 2.24) is 19.7 Å². The van der Waals surface area contributed by atoms with Gasteiger partial charge in [0.25, 0.3) is 11.5 Å². The van der Waals surface area contributed by atoms with Crippen LogP contribution < -0.4 is 16.6 Å². The summed E-state index contributed by atoms with van der Waals surface area (Å²) in [7, 11) is 0. The maximum Gasteiger partial charge on any atom is 0.352 e.